The molecule has 112 valence electrons. The second-order valence-corrected chi connectivity index (χ2v) is 7.85. The largest absolute Gasteiger partial charge is 0.303 e. The first-order valence-corrected chi connectivity index (χ1v) is 8.37. The number of rotatable bonds is 4. The topological polar surface area (TPSA) is 6.48 Å². The van der Waals surface area contributed by atoms with E-state index in [1.807, 2.05) is 0 Å². The van der Waals surface area contributed by atoms with E-state index < -0.39 is 0 Å². The molecule has 2 aliphatic heterocycles. The molecular formula is C17H34N2. The van der Waals surface area contributed by atoms with Crippen molar-refractivity contribution >= 4 is 0 Å². The highest BCUT2D eigenvalue weighted by Gasteiger charge is 2.34. The molecule has 0 radical (unpaired) electrons. The highest BCUT2D eigenvalue weighted by Crippen LogP contribution is 2.38. The molecule has 1 atom stereocenters. The van der Waals surface area contributed by atoms with E-state index in [-0.39, 0.29) is 0 Å². The van der Waals surface area contributed by atoms with Crippen molar-refractivity contribution < 1.29 is 0 Å². The first-order valence-electron chi connectivity index (χ1n) is 8.37. The molecule has 0 aromatic carbocycles. The molecule has 0 aromatic heterocycles. The van der Waals surface area contributed by atoms with Gasteiger partial charge in [0.2, 0.25) is 0 Å². The third-order valence-corrected chi connectivity index (χ3v) is 5.96. The lowest BCUT2D eigenvalue weighted by Gasteiger charge is -2.43. The highest BCUT2D eigenvalue weighted by molar-refractivity contribution is 4.87. The minimum Gasteiger partial charge on any atom is -0.303 e. The Hall–Kier alpha value is -0.0800. The maximum Gasteiger partial charge on any atom is 0.00387 e. The number of likely N-dealkylation sites (tertiary alicyclic amines) is 2. The van der Waals surface area contributed by atoms with Gasteiger partial charge in [0.05, 0.1) is 0 Å². The van der Waals surface area contributed by atoms with E-state index in [1.165, 1.54) is 52.0 Å². The van der Waals surface area contributed by atoms with E-state index in [9.17, 15) is 0 Å². The number of hydrogen-bond donors (Lipinski definition) is 0. The lowest BCUT2D eigenvalue weighted by atomic mass is 9.72. The fraction of sp³-hybridized carbons (Fsp3) is 1.00. The van der Waals surface area contributed by atoms with E-state index in [2.05, 4.69) is 44.4 Å². The van der Waals surface area contributed by atoms with Gasteiger partial charge in [-0.3, -0.25) is 0 Å². The van der Waals surface area contributed by atoms with Crippen molar-refractivity contribution in [1.82, 2.24) is 9.80 Å². The number of piperidine rings is 1. The van der Waals surface area contributed by atoms with Crippen LogP contribution in [0.2, 0.25) is 0 Å². The van der Waals surface area contributed by atoms with Crippen LogP contribution in [0.3, 0.4) is 0 Å². The molecule has 0 spiro atoms. The van der Waals surface area contributed by atoms with Crippen molar-refractivity contribution in [2.75, 3.05) is 32.7 Å². The second-order valence-electron chi connectivity index (χ2n) is 7.85. The van der Waals surface area contributed by atoms with Gasteiger partial charge in [0.1, 0.15) is 0 Å². The fourth-order valence-corrected chi connectivity index (χ4v) is 3.67. The first-order chi connectivity index (χ1) is 8.90. The van der Waals surface area contributed by atoms with Gasteiger partial charge in [-0.25, -0.2) is 0 Å². The van der Waals surface area contributed by atoms with Crippen LogP contribution in [0.4, 0.5) is 0 Å². The molecule has 2 saturated heterocycles. The summed E-state index contributed by atoms with van der Waals surface area (Å²) in [6, 6.07) is 0.732. The summed E-state index contributed by atoms with van der Waals surface area (Å²) in [4.78, 5) is 5.38. The molecule has 0 saturated carbocycles. The van der Waals surface area contributed by atoms with Gasteiger partial charge in [0, 0.05) is 19.1 Å². The van der Waals surface area contributed by atoms with E-state index in [0.717, 1.165) is 17.9 Å². The average molecular weight is 266 g/mol. The molecule has 0 unspecified atom stereocenters. The molecule has 2 fully saturated rings. The van der Waals surface area contributed by atoms with Crippen LogP contribution < -0.4 is 0 Å². The maximum absolute atomic E-state index is 2.73. The average Bonchev–Trinajstić information content (AvgIpc) is 2.81. The van der Waals surface area contributed by atoms with Crippen LogP contribution in [0.15, 0.2) is 0 Å². The van der Waals surface area contributed by atoms with Gasteiger partial charge in [0.25, 0.3) is 0 Å². The molecule has 0 aliphatic carbocycles. The minimum absolute atomic E-state index is 0.593. The zero-order chi connectivity index (χ0) is 14.0. The van der Waals surface area contributed by atoms with E-state index in [1.54, 1.807) is 0 Å². The van der Waals surface area contributed by atoms with Gasteiger partial charge in [-0.05, 0) is 70.0 Å². The summed E-state index contributed by atoms with van der Waals surface area (Å²) >= 11 is 0. The van der Waals surface area contributed by atoms with Gasteiger partial charge in [-0.1, -0.05) is 20.8 Å². The monoisotopic (exact) mass is 266 g/mol. The zero-order valence-corrected chi connectivity index (χ0v) is 13.8. The van der Waals surface area contributed by atoms with E-state index >= 15 is 0 Å². The second kappa shape index (κ2) is 6.13. The molecule has 0 aromatic rings. The minimum atomic E-state index is 0.593. The maximum atomic E-state index is 2.73. The summed E-state index contributed by atoms with van der Waals surface area (Å²) in [5.41, 5.74) is 0.593. The Morgan fingerprint density at radius 1 is 1.05 bits per heavy atom. The van der Waals surface area contributed by atoms with Gasteiger partial charge >= 0.3 is 0 Å². The number of nitrogens with zero attached hydrogens (tertiary/aromatic N) is 2. The molecule has 0 N–H and O–H groups in total. The molecular weight excluding hydrogens is 232 g/mol. The predicted molar refractivity (Wildman–Crippen MR) is 83.4 cm³/mol. The van der Waals surface area contributed by atoms with Crippen LogP contribution in [-0.2, 0) is 0 Å². The Labute approximate surface area is 120 Å². The van der Waals surface area contributed by atoms with Gasteiger partial charge < -0.3 is 9.80 Å². The molecule has 19 heavy (non-hydrogen) atoms. The molecule has 2 heteroatoms. The van der Waals surface area contributed by atoms with Crippen LogP contribution in [0.25, 0.3) is 0 Å². The van der Waals surface area contributed by atoms with Crippen molar-refractivity contribution in [2.24, 2.45) is 17.3 Å². The summed E-state index contributed by atoms with van der Waals surface area (Å²) in [5, 5.41) is 0. The third-order valence-electron chi connectivity index (χ3n) is 5.96. The Bertz CT molecular complexity index is 277. The van der Waals surface area contributed by atoms with Crippen LogP contribution in [-0.4, -0.2) is 48.6 Å². The van der Waals surface area contributed by atoms with Crippen LogP contribution in [0.1, 0.15) is 53.9 Å². The third kappa shape index (κ3) is 3.72. The van der Waals surface area contributed by atoms with E-state index in [4.69, 9.17) is 0 Å². The molecule has 2 aliphatic rings. The van der Waals surface area contributed by atoms with Crippen molar-refractivity contribution in [3.63, 3.8) is 0 Å². The first kappa shape index (κ1) is 15.3. The zero-order valence-electron chi connectivity index (χ0n) is 13.8. The number of hydrogen-bond acceptors (Lipinski definition) is 2. The quantitative estimate of drug-likeness (QED) is 0.769. The molecule has 2 heterocycles. The van der Waals surface area contributed by atoms with E-state index in [0.29, 0.717) is 5.41 Å². The van der Waals surface area contributed by atoms with Crippen LogP contribution in [0, 0.1) is 17.3 Å². The fourth-order valence-electron chi connectivity index (χ4n) is 3.67. The van der Waals surface area contributed by atoms with Crippen LogP contribution >= 0.6 is 0 Å². The standard InChI is InChI=1S/C17H34N2/c1-14(2)17(5)7-10-18(11-8-17)12-16-6-9-19(13-16)15(3)4/h14-16H,6-13H2,1-5H3/t16-/m0/s1. The summed E-state index contributed by atoms with van der Waals surface area (Å²) in [7, 11) is 0. The molecule has 0 bridgehead atoms. The van der Waals surface area contributed by atoms with Crippen LogP contribution in [0.5, 0.6) is 0 Å². The summed E-state index contributed by atoms with van der Waals surface area (Å²) < 4.78 is 0. The smallest absolute Gasteiger partial charge is 0.00387 e. The van der Waals surface area contributed by atoms with Gasteiger partial charge in [-0.2, -0.15) is 0 Å². The summed E-state index contributed by atoms with van der Waals surface area (Å²) in [6.07, 6.45) is 4.20. The van der Waals surface area contributed by atoms with Gasteiger partial charge in [-0.15, -0.1) is 0 Å². The Morgan fingerprint density at radius 2 is 1.68 bits per heavy atom. The SMILES string of the molecule is CC(C)N1CC[C@@H](CN2CCC(C)(C(C)C)CC2)C1. The van der Waals surface area contributed by atoms with Crippen molar-refractivity contribution in [3.05, 3.63) is 0 Å². The molecule has 0 amide bonds. The Balaban J connectivity index is 1.75. The Morgan fingerprint density at radius 3 is 2.16 bits per heavy atom. The predicted octanol–water partition coefficient (Wildman–Crippen LogP) is 3.47. The van der Waals surface area contributed by atoms with Crippen molar-refractivity contribution in [1.29, 1.82) is 0 Å². The van der Waals surface area contributed by atoms with Gasteiger partial charge in [0.15, 0.2) is 0 Å². The highest BCUT2D eigenvalue weighted by atomic mass is 15.2. The summed E-state index contributed by atoms with van der Waals surface area (Å²) in [6.45, 7) is 18.6. The lowest BCUT2D eigenvalue weighted by Crippen LogP contribution is -2.43. The molecule has 2 rings (SSSR count). The normalized spacial score (nSPS) is 29.5. The Kier molecular flexibility index (Phi) is 4.94. The van der Waals surface area contributed by atoms with Crippen molar-refractivity contribution in [2.45, 2.75) is 59.9 Å². The lowest BCUT2D eigenvalue weighted by molar-refractivity contribution is 0.0692. The molecule has 2 nitrogen and oxygen atoms in total. The summed E-state index contributed by atoms with van der Waals surface area (Å²) in [5.74, 6) is 1.75. The van der Waals surface area contributed by atoms with Crippen molar-refractivity contribution in [3.8, 4) is 0 Å².